The number of hydrogen-bond donors (Lipinski definition) is 3. The summed E-state index contributed by atoms with van der Waals surface area (Å²) in [6.07, 6.45) is 1.33. The van der Waals surface area contributed by atoms with E-state index in [1.807, 2.05) is 13.8 Å². The Morgan fingerprint density at radius 2 is 1.93 bits per heavy atom. The van der Waals surface area contributed by atoms with Gasteiger partial charge in [0.05, 0.1) is 23.2 Å². The lowest BCUT2D eigenvalue weighted by Crippen LogP contribution is -2.44. The van der Waals surface area contributed by atoms with Crippen LogP contribution in [0.4, 0.5) is 0 Å². The number of nitrogens with one attached hydrogen (secondary N) is 2. The molecule has 1 saturated heterocycles. The third-order valence-corrected chi connectivity index (χ3v) is 5.80. The smallest absolute Gasteiger partial charge is 0.223 e. The van der Waals surface area contributed by atoms with E-state index in [4.69, 9.17) is 0 Å². The fourth-order valence-electron chi connectivity index (χ4n) is 3.68. The predicted octanol–water partition coefficient (Wildman–Crippen LogP) is 2.24. The molecule has 7 nitrogen and oxygen atoms in total. The van der Waals surface area contributed by atoms with Gasteiger partial charge in [-0.3, -0.25) is 9.59 Å². The van der Waals surface area contributed by atoms with Crippen molar-refractivity contribution in [1.29, 1.82) is 0 Å². The molecule has 0 bridgehead atoms. The van der Waals surface area contributed by atoms with E-state index in [1.54, 1.807) is 4.90 Å². The number of benzene rings is 1. The Kier molecular flexibility index (Phi) is 6.57. The number of likely N-dealkylation sites (tertiary alicyclic amines) is 1. The zero-order valence-electron chi connectivity index (χ0n) is 17.8. The molecule has 0 spiro atoms. The lowest BCUT2D eigenvalue weighted by atomic mass is 10.1. The summed E-state index contributed by atoms with van der Waals surface area (Å²) >= 11 is 0. The molecule has 0 saturated carbocycles. The van der Waals surface area contributed by atoms with Crippen LogP contribution in [0.25, 0.3) is 11.0 Å². The van der Waals surface area contributed by atoms with E-state index in [-0.39, 0.29) is 23.8 Å². The van der Waals surface area contributed by atoms with E-state index in [2.05, 4.69) is 41.3 Å². The van der Waals surface area contributed by atoms with Crippen LogP contribution in [0.3, 0.4) is 0 Å². The molecule has 158 valence electrons. The van der Waals surface area contributed by atoms with Crippen LogP contribution in [0.15, 0.2) is 12.1 Å². The van der Waals surface area contributed by atoms with E-state index in [1.165, 1.54) is 11.1 Å². The first-order chi connectivity index (χ1) is 13.7. The molecule has 7 heteroatoms. The topological polar surface area (TPSA) is 98.3 Å². The highest BCUT2D eigenvalue weighted by atomic mass is 16.3. The first kappa shape index (κ1) is 21.3. The second-order valence-electron chi connectivity index (χ2n) is 8.43. The monoisotopic (exact) mass is 400 g/mol. The zero-order chi connectivity index (χ0) is 21.1. The predicted molar refractivity (Wildman–Crippen MR) is 112 cm³/mol. The van der Waals surface area contributed by atoms with Crippen molar-refractivity contribution in [3.8, 4) is 0 Å². The van der Waals surface area contributed by atoms with Gasteiger partial charge in [-0.2, -0.15) is 0 Å². The standard InChI is InChI=1S/C22H32N4O3/c1-13(2)22(29)25-16-7-9-26(10-8-19(16)27)21(28)6-5-20-23-17-11-14(3)15(4)12-18(17)24-20/h11-13,16,19,27H,5-10H2,1-4H3,(H,23,24)(H,25,29)/t16-,19-/m0/s1. The van der Waals surface area contributed by atoms with E-state index in [9.17, 15) is 14.7 Å². The number of amides is 2. The van der Waals surface area contributed by atoms with Gasteiger partial charge in [-0.05, 0) is 49.9 Å². The van der Waals surface area contributed by atoms with Crippen LogP contribution < -0.4 is 5.32 Å². The van der Waals surface area contributed by atoms with Crippen LogP contribution in [0, 0.1) is 19.8 Å². The second-order valence-corrected chi connectivity index (χ2v) is 8.43. The zero-order valence-corrected chi connectivity index (χ0v) is 17.8. The Bertz CT molecular complexity index is 851. The first-order valence-electron chi connectivity index (χ1n) is 10.5. The van der Waals surface area contributed by atoms with Crippen LogP contribution >= 0.6 is 0 Å². The van der Waals surface area contributed by atoms with Crippen LogP contribution in [0.2, 0.25) is 0 Å². The molecule has 2 atom stereocenters. The van der Waals surface area contributed by atoms with Gasteiger partial charge in [-0.25, -0.2) is 4.98 Å². The minimum atomic E-state index is -0.627. The van der Waals surface area contributed by atoms with Crippen molar-refractivity contribution in [2.24, 2.45) is 5.92 Å². The van der Waals surface area contributed by atoms with Gasteiger partial charge in [-0.1, -0.05) is 13.8 Å². The van der Waals surface area contributed by atoms with Crippen molar-refractivity contribution in [2.75, 3.05) is 13.1 Å². The Labute approximate surface area is 171 Å². The number of hydrogen-bond acceptors (Lipinski definition) is 4. The summed E-state index contributed by atoms with van der Waals surface area (Å²) < 4.78 is 0. The number of H-pyrrole nitrogens is 1. The number of rotatable bonds is 5. The third-order valence-electron chi connectivity index (χ3n) is 5.80. The summed E-state index contributed by atoms with van der Waals surface area (Å²) in [5.74, 6) is 0.680. The SMILES string of the molecule is Cc1cc2nc(CCC(=O)N3CC[C@H](NC(=O)C(C)C)[C@@H](O)CC3)[nH]c2cc1C. The molecular formula is C22H32N4O3. The van der Waals surface area contributed by atoms with Gasteiger partial charge >= 0.3 is 0 Å². The fraction of sp³-hybridized carbons (Fsp3) is 0.591. The molecule has 29 heavy (non-hydrogen) atoms. The number of aromatic nitrogens is 2. The van der Waals surface area contributed by atoms with Crippen LogP contribution in [0.1, 0.15) is 50.1 Å². The molecule has 0 radical (unpaired) electrons. The van der Waals surface area contributed by atoms with Gasteiger partial charge in [0.2, 0.25) is 11.8 Å². The van der Waals surface area contributed by atoms with Crippen LogP contribution in [-0.2, 0) is 16.0 Å². The Morgan fingerprint density at radius 1 is 1.24 bits per heavy atom. The van der Waals surface area contributed by atoms with Crippen molar-refractivity contribution < 1.29 is 14.7 Å². The molecule has 2 aromatic rings. The molecule has 1 fully saturated rings. The molecule has 1 aromatic carbocycles. The number of fused-ring (bicyclic) bond motifs is 1. The Morgan fingerprint density at radius 3 is 2.66 bits per heavy atom. The highest BCUT2D eigenvalue weighted by molar-refractivity contribution is 5.79. The molecule has 1 aliphatic rings. The quantitative estimate of drug-likeness (QED) is 0.717. The minimum Gasteiger partial charge on any atom is -0.391 e. The van der Waals surface area contributed by atoms with E-state index >= 15 is 0 Å². The van der Waals surface area contributed by atoms with Crippen molar-refractivity contribution in [3.63, 3.8) is 0 Å². The maximum absolute atomic E-state index is 12.7. The van der Waals surface area contributed by atoms with E-state index < -0.39 is 6.10 Å². The largest absolute Gasteiger partial charge is 0.391 e. The number of aliphatic hydroxyl groups excluding tert-OH is 1. The van der Waals surface area contributed by atoms with Gasteiger partial charge < -0.3 is 20.3 Å². The second kappa shape index (κ2) is 8.95. The number of aryl methyl sites for hydroxylation is 3. The van der Waals surface area contributed by atoms with Crippen molar-refractivity contribution >= 4 is 22.8 Å². The Hall–Kier alpha value is -2.41. The minimum absolute atomic E-state index is 0.0563. The van der Waals surface area contributed by atoms with Crippen LogP contribution in [-0.4, -0.2) is 57.0 Å². The molecule has 0 aliphatic carbocycles. The summed E-state index contributed by atoms with van der Waals surface area (Å²) in [4.78, 5) is 34.4. The number of imidazole rings is 1. The number of nitrogens with zero attached hydrogens (tertiary/aromatic N) is 2. The molecule has 0 unspecified atom stereocenters. The van der Waals surface area contributed by atoms with Gasteiger partial charge in [-0.15, -0.1) is 0 Å². The van der Waals surface area contributed by atoms with Crippen molar-refractivity contribution in [3.05, 3.63) is 29.1 Å². The molecule has 3 N–H and O–H groups in total. The average Bonchev–Trinajstić information content (AvgIpc) is 2.96. The van der Waals surface area contributed by atoms with Crippen molar-refractivity contribution in [1.82, 2.24) is 20.2 Å². The fourth-order valence-corrected chi connectivity index (χ4v) is 3.68. The third kappa shape index (κ3) is 5.15. The highest BCUT2D eigenvalue weighted by Gasteiger charge is 2.28. The highest BCUT2D eigenvalue weighted by Crippen LogP contribution is 2.19. The molecular weight excluding hydrogens is 368 g/mol. The average molecular weight is 401 g/mol. The summed E-state index contributed by atoms with van der Waals surface area (Å²) in [6, 6.07) is 3.85. The number of carbonyl (C=O) groups is 2. The first-order valence-corrected chi connectivity index (χ1v) is 10.5. The van der Waals surface area contributed by atoms with Gasteiger partial charge in [0.25, 0.3) is 0 Å². The maximum atomic E-state index is 12.7. The van der Waals surface area contributed by atoms with Gasteiger partial charge in [0.1, 0.15) is 5.82 Å². The molecule has 1 aliphatic heterocycles. The normalized spacial score (nSPS) is 20.1. The summed E-state index contributed by atoms with van der Waals surface area (Å²) in [6.45, 7) is 8.84. The van der Waals surface area contributed by atoms with Gasteiger partial charge in [0, 0.05) is 31.8 Å². The summed E-state index contributed by atoms with van der Waals surface area (Å²) in [7, 11) is 0. The van der Waals surface area contributed by atoms with Gasteiger partial charge in [0.15, 0.2) is 0 Å². The molecule has 3 rings (SSSR count). The van der Waals surface area contributed by atoms with Crippen LogP contribution in [0.5, 0.6) is 0 Å². The summed E-state index contributed by atoms with van der Waals surface area (Å²) in [5.41, 5.74) is 4.34. The lowest BCUT2D eigenvalue weighted by molar-refractivity contribution is -0.131. The molecule has 1 aromatic heterocycles. The lowest BCUT2D eigenvalue weighted by Gasteiger charge is -2.22. The number of aromatic amines is 1. The number of aliphatic hydroxyl groups is 1. The maximum Gasteiger partial charge on any atom is 0.223 e. The van der Waals surface area contributed by atoms with E-state index in [0.29, 0.717) is 38.8 Å². The Balaban J connectivity index is 1.56. The van der Waals surface area contributed by atoms with Crippen molar-refractivity contribution in [2.45, 2.75) is 65.5 Å². The molecule has 2 amide bonds. The van der Waals surface area contributed by atoms with E-state index in [0.717, 1.165) is 16.9 Å². The number of carbonyl (C=O) groups excluding carboxylic acids is 2. The molecule has 2 heterocycles. The summed E-state index contributed by atoms with van der Waals surface area (Å²) in [5, 5.41) is 13.3.